The van der Waals surface area contributed by atoms with Gasteiger partial charge in [0.05, 0.1) is 6.04 Å². The van der Waals surface area contributed by atoms with E-state index >= 15 is 0 Å². The Hall–Kier alpha value is -0.870. The van der Waals surface area contributed by atoms with E-state index in [1.54, 1.807) is 0 Å². The van der Waals surface area contributed by atoms with Gasteiger partial charge in [0.1, 0.15) is 0 Å². The van der Waals surface area contributed by atoms with Crippen LogP contribution in [0.3, 0.4) is 0 Å². The maximum absolute atomic E-state index is 11.9. The third kappa shape index (κ3) is 5.74. The van der Waals surface area contributed by atoms with Gasteiger partial charge < -0.3 is 11.1 Å². The first-order valence-corrected chi connectivity index (χ1v) is 7.48. The predicted molar refractivity (Wildman–Crippen MR) is 82.9 cm³/mol. The number of carbonyl (C=O) groups excluding carboxylic acids is 1. The topological polar surface area (TPSA) is 55.1 Å². The monoisotopic (exact) mass is 326 g/mol. The average Bonchev–Trinajstić information content (AvgIpc) is 2.31. The van der Waals surface area contributed by atoms with Crippen LogP contribution >= 0.6 is 15.9 Å². The molecule has 2 atom stereocenters. The number of hydrogen-bond donors (Lipinski definition) is 2. The fourth-order valence-corrected chi connectivity index (χ4v) is 2.46. The summed E-state index contributed by atoms with van der Waals surface area (Å²) in [7, 11) is 0. The Morgan fingerprint density at radius 2 is 1.95 bits per heavy atom. The third-order valence-electron chi connectivity index (χ3n) is 2.93. The number of amides is 1. The second-order valence-electron chi connectivity index (χ2n) is 5.44. The van der Waals surface area contributed by atoms with Crippen molar-refractivity contribution in [3.63, 3.8) is 0 Å². The highest BCUT2D eigenvalue weighted by atomic mass is 79.9. The third-order valence-corrected chi connectivity index (χ3v) is 3.71. The molecule has 1 aromatic carbocycles. The van der Waals surface area contributed by atoms with E-state index in [1.165, 1.54) is 5.56 Å². The van der Waals surface area contributed by atoms with E-state index < -0.39 is 6.04 Å². The molecule has 0 aromatic heterocycles. The molecule has 19 heavy (non-hydrogen) atoms. The highest BCUT2D eigenvalue weighted by Crippen LogP contribution is 2.17. The Kier molecular flexibility index (Phi) is 6.52. The predicted octanol–water partition coefficient (Wildman–Crippen LogP) is 2.87. The lowest BCUT2D eigenvalue weighted by Gasteiger charge is -2.19. The first kappa shape index (κ1) is 16.2. The smallest absolute Gasteiger partial charge is 0.237 e. The fraction of sp³-hybridized carbons (Fsp3) is 0.533. The summed E-state index contributed by atoms with van der Waals surface area (Å²) in [4.78, 5) is 11.9. The van der Waals surface area contributed by atoms with Gasteiger partial charge >= 0.3 is 0 Å². The molecule has 0 saturated heterocycles. The molecule has 0 aliphatic rings. The normalized spacial score (nSPS) is 14.2. The minimum Gasteiger partial charge on any atom is -0.352 e. The molecule has 0 radical (unpaired) electrons. The van der Waals surface area contributed by atoms with E-state index in [2.05, 4.69) is 41.2 Å². The Morgan fingerprint density at radius 1 is 1.32 bits per heavy atom. The Bertz CT molecular complexity index is 420. The number of hydrogen-bond acceptors (Lipinski definition) is 2. The lowest BCUT2D eigenvalue weighted by Crippen LogP contribution is -2.45. The van der Waals surface area contributed by atoms with Crippen molar-refractivity contribution in [2.75, 3.05) is 0 Å². The molecule has 0 spiro atoms. The second-order valence-corrected chi connectivity index (χ2v) is 6.30. The first-order valence-electron chi connectivity index (χ1n) is 6.69. The van der Waals surface area contributed by atoms with Gasteiger partial charge in [-0.15, -0.1) is 0 Å². The molecule has 0 heterocycles. The molecule has 3 N–H and O–H groups in total. The lowest BCUT2D eigenvalue weighted by atomic mass is 10.0. The van der Waals surface area contributed by atoms with Crippen LogP contribution in [0.4, 0.5) is 0 Å². The van der Waals surface area contributed by atoms with Crippen molar-refractivity contribution in [1.82, 2.24) is 5.32 Å². The largest absolute Gasteiger partial charge is 0.352 e. The minimum absolute atomic E-state index is 0.0618. The van der Waals surface area contributed by atoms with Gasteiger partial charge in [0.2, 0.25) is 5.91 Å². The quantitative estimate of drug-likeness (QED) is 0.844. The maximum Gasteiger partial charge on any atom is 0.237 e. The van der Waals surface area contributed by atoms with E-state index in [-0.39, 0.29) is 11.9 Å². The Labute approximate surface area is 124 Å². The van der Waals surface area contributed by atoms with Crippen LogP contribution in [0.5, 0.6) is 0 Å². The van der Waals surface area contributed by atoms with Crippen molar-refractivity contribution in [1.29, 1.82) is 0 Å². The lowest BCUT2D eigenvalue weighted by molar-refractivity contribution is -0.123. The molecule has 0 aliphatic heterocycles. The zero-order valence-electron chi connectivity index (χ0n) is 11.8. The Balaban J connectivity index is 2.49. The zero-order valence-corrected chi connectivity index (χ0v) is 13.4. The SMILES string of the molecule is CC(C)C[C@H](N)C(=O)NC(C)Cc1ccccc1Br. The molecule has 106 valence electrons. The molecule has 1 amide bonds. The summed E-state index contributed by atoms with van der Waals surface area (Å²) in [6, 6.07) is 7.70. The zero-order chi connectivity index (χ0) is 14.4. The summed E-state index contributed by atoms with van der Waals surface area (Å²) in [5, 5.41) is 2.98. The van der Waals surface area contributed by atoms with Crippen LogP contribution in [0.15, 0.2) is 28.7 Å². The van der Waals surface area contributed by atoms with Crippen molar-refractivity contribution in [2.24, 2.45) is 11.7 Å². The fourth-order valence-electron chi connectivity index (χ4n) is 2.01. The summed E-state index contributed by atoms with van der Waals surface area (Å²) in [6.07, 6.45) is 1.51. The maximum atomic E-state index is 11.9. The van der Waals surface area contributed by atoms with Crippen molar-refractivity contribution >= 4 is 21.8 Å². The Morgan fingerprint density at radius 3 is 2.53 bits per heavy atom. The summed E-state index contributed by atoms with van der Waals surface area (Å²) < 4.78 is 1.07. The summed E-state index contributed by atoms with van der Waals surface area (Å²) >= 11 is 3.52. The van der Waals surface area contributed by atoms with E-state index in [1.807, 2.05) is 25.1 Å². The van der Waals surface area contributed by atoms with E-state index in [0.717, 1.165) is 10.9 Å². The van der Waals surface area contributed by atoms with Crippen molar-refractivity contribution in [2.45, 2.75) is 45.7 Å². The van der Waals surface area contributed by atoms with Crippen LogP contribution in [-0.4, -0.2) is 18.0 Å². The standard InChI is InChI=1S/C15H23BrN2O/c1-10(2)8-14(17)15(19)18-11(3)9-12-6-4-5-7-13(12)16/h4-7,10-11,14H,8-9,17H2,1-3H3,(H,18,19)/t11?,14-/m0/s1. The van der Waals surface area contributed by atoms with Crippen LogP contribution in [0.1, 0.15) is 32.8 Å². The number of carbonyl (C=O) groups is 1. The van der Waals surface area contributed by atoms with Crippen molar-refractivity contribution in [3.8, 4) is 0 Å². The number of rotatable bonds is 6. The van der Waals surface area contributed by atoms with Crippen molar-refractivity contribution < 1.29 is 4.79 Å². The molecule has 1 unspecified atom stereocenters. The molecule has 1 rings (SSSR count). The van der Waals surface area contributed by atoms with Crippen LogP contribution in [0.2, 0.25) is 0 Å². The van der Waals surface area contributed by atoms with Crippen LogP contribution in [0, 0.1) is 5.92 Å². The number of halogens is 1. The number of benzene rings is 1. The van der Waals surface area contributed by atoms with Gasteiger partial charge in [-0.1, -0.05) is 48.0 Å². The van der Waals surface area contributed by atoms with Gasteiger partial charge in [-0.2, -0.15) is 0 Å². The molecular formula is C15H23BrN2O. The highest BCUT2D eigenvalue weighted by molar-refractivity contribution is 9.10. The van der Waals surface area contributed by atoms with Gasteiger partial charge in [-0.25, -0.2) is 0 Å². The van der Waals surface area contributed by atoms with Gasteiger partial charge in [-0.05, 0) is 37.3 Å². The van der Waals surface area contributed by atoms with Gasteiger partial charge in [0, 0.05) is 10.5 Å². The summed E-state index contributed by atoms with van der Waals surface area (Å²) in [5.74, 6) is 0.368. The van der Waals surface area contributed by atoms with Crippen LogP contribution in [0.25, 0.3) is 0 Å². The second kappa shape index (κ2) is 7.65. The van der Waals surface area contributed by atoms with Gasteiger partial charge in [0.25, 0.3) is 0 Å². The van der Waals surface area contributed by atoms with Crippen molar-refractivity contribution in [3.05, 3.63) is 34.3 Å². The number of nitrogens with two attached hydrogens (primary N) is 1. The van der Waals surface area contributed by atoms with Gasteiger partial charge in [-0.3, -0.25) is 4.79 Å². The summed E-state index contributed by atoms with van der Waals surface area (Å²) in [6.45, 7) is 6.13. The molecular weight excluding hydrogens is 304 g/mol. The summed E-state index contributed by atoms with van der Waals surface area (Å²) in [5.41, 5.74) is 7.06. The average molecular weight is 327 g/mol. The van der Waals surface area contributed by atoms with E-state index in [9.17, 15) is 4.79 Å². The molecule has 0 saturated carbocycles. The molecule has 4 heteroatoms. The van der Waals surface area contributed by atoms with Crippen LogP contribution in [-0.2, 0) is 11.2 Å². The highest BCUT2D eigenvalue weighted by Gasteiger charge is 2.17. The molecule has 0 fully saturated rings. The van der Waals surface area contributed by atoms with E-state index in [4.69, 9.17) is 5.73 Å². The molecule has 1 aromatic rings. The molecule has 0 aliphatic carbocycles. The van der Waals surface area contributed by atoms with Gasteiger partial charge in [0.15, 0.2) is 0 Å². The number of nitrogens with one attached hydrogen (secondary N) is 1. The first-order chi connectivity index (χ1) is 8.90. The molecule has 0 bridgehead atoms. The van der Waals surface area contributed by atoms with Crippen LogP contribution < -0.4 is 11.1 Å². The minimum atomic E-state index is -0.415. The molecule has 3 nitrogen and oxygen atoms in total. The van der Waals surface area contributed by atoms with E-state index in [0.29, 0.717) is 12.3 Å².